The SMILES string of the molecule is CCCCCCc1ccc(C2N=C(c3ccccc3)N=C(c3ccccc3)N2)cc1. The van der Waals surface area contributed by atoms with Gasteiger partial charge in [0.1, 0.15) is 12.0 Å². The van der Waals surface area contributed by atoms with Gasteiger partial charge in [0.15, 0.2) is 5.84 Å². The van der Waals surface area contributed by atoms with Crippen LogP contribution in [0.25, 0.3) is 0 Å². The first-order valence-corrected chi connectivity index (χ1v) is 11.0. The number of benzene rings is 3. The summed E-state index contributed by atoms with van der Waals surface area (Å²) in [7, 11) is 0. The van der Waals surface area contributed by atoms with Crippen LogP contribution in [-0.2, 0) is 6.42 Å². The summed E-state index contributed by atoms with van der Waals surface area (Å²) < 4.78 is 0. The monoisotopic (exact) mass is 395 g/mol. The van der Waals surface area contributed by atoms with Crippen LogP contribution in [0.15, 0.2) is 94.9 Å². The molecule has 152 valence electrons. The third-order valence-corrected chi connectivity index (χ3v) is 5.44. The fourth-order valence-electron chi connectivity index (χ4n) is 3.70. The predicted molar refractivity (Wildman–Crippen MR) is 126 cm³/mol. The third kappa shape index (κ3) is 5.04. The number of nitrogens with zero attached hydrogens (tertiary/aromatic N) is 2. The first-order valence-electron chi connectivity index (χ1n) is 11.0. The molecular weight excluding hydrogens is 366 g/mol. The second-order valence-electron chi connectivity index (χ2n) is 7.74. The van der Waals surface area contributed by atoms with Crippen LogP contribution < -0.4 is 5.32 Å². The van der Waals surface area contributed by atoms with Crippen LogP contribution in [0, 0.1) is 0 Å². The summed E-state index contributed by atoms with van der Waals surface area (Å²) in [5.74, 6) is 1.62. The Morgan fingerprint density at radius 1 is 0.733 bits per heavy atom. The molecule has 4 rings (SSSR count). The molecule has 1 unspecified atom stereocenters. The lowest BCUT2D eigenvalue weighted by Gasteiger charge is -2.23. The van der Waals surface area contributed by atoms with E-state index in [2.05, 4.69) is 60.8 Å². The molecule has 3 aromatic rings. The highest BCUT2D eigenvalue weighted by Crippen LogP contribution is 2.22. The summed E-state index contributed by atoms with van der Waals surface area (Å²) >= 11 is 0. The molecule has 1 heterocycles. The maximum atomic E-state index is 4.93. The Labute approximate surface area is 179 Å². The van der Waals surface area contributed by atoms with Gasteiger partial charge in [0.05, 0.1) is 0 Å². The van der Waals surface area contributed by atoms with Crippen molar-refractivity contribution in [1.29, 1.82) is 0 Å². The Hall–Kier alpha value is -3.20. The molecule has 30 heavy (non-hydrogen) atoms. The van der Waals surface area contributed by atoms with Crippen molar-refractivity contribution < 1.29 is 0 Å². The normalized spacial score (nSPS) is 15.8. The summed E-state index contributed by atoms with van der Waals surface area (Å²) in [6.07, 6.45) is 6.16. The standard InChI is InChI=1S/C27H29N3/c1-2-3-4-7-12-21-17-19-24(20-18-21)27-29-25(22-13-8-5-9-14-22)28-26(30-27)23-15-10-6-11-16-23/h5-6,8-11,13-20,27H,2-4,7,12H2,1H3,(H,28,29,30). The molecule has 3 nitrogen and oxygen atoms in total. The average Bonchev–Trinajstić information content (AvgIpc) is 2.83. The van der Waals surface area contributed by atoms with Gasteiger partial charge in [0, 0.05) is 11.1 Å². The van der Waals surface area contributed by atoms with E-state index in [1.54, 1.807) is 0 Å². The van der Waals surface area contributed by atoms with Crippen LogP contribution in [0.2, 0.25) is 0 Å². The van der Waals surface area contributed by atoms with Crippen molar-refractivity contribution in [3.63, 3.8) is 0 Å². The van der Waals surface area contributed by atoms with Crippen molar-refractivity contribution in [1.82, 2.24) is 5.32 Å². The van der Waals surface area contributed by atoms with E-state index in [-0.39, 0.29) is 6.17 Å². The molecule has 0 aromatic heterocycles. The van der Waals surface area contributed by atoms with E-state index >= 15 is 0 Å². The Morgan fingerprint density at radius 2 is 1.40 bits per heavy atom. The Morgan fingerprint density at radius 3 is 2.07 bits per heavy atom. The first kappa shape index (κ1) is 20.1. The molecule has 0 amide bonds. The minimum atomic E-state index is -0.151. The number of aryl methyl sites for hydroxylation is 1. The van der Waals surface area contributed by atoms with Crippen LogP contribution in [-0.4, -0.2) is 11.7 Å². The zero-order valence-electron chi connectivity index (χ0n) is 17.6. The fraction of sp³-hybridized carbons (Fsp3) is 0.259. The molecule has 0 saturated heterocycles. The highest BCUT2D eigenvalue weighted by Gasteiger charge is 2.20. The fourth-order valence-corrected chi connectivity index (χ4v) is 3.70. The van der Waals surface area contributed by atoms with Crippen LogP contribution in [0.3, 0.4) is 0 Å². The van der Waals surface area contributed by atoms with E-state index in [9.17, 15) is 0 Å². The first-order chi connectivity index (χ1) is 14.8. The second kappa shape index (κ2) is 10.0. The topological polar surface area (TPSA) is 36.8 Å². The zero-order valence-corrected chi connectivity index (χ0v) is 17.6. The van der Waals surface area contributed by atoms with E-state index in [0.29, 0.717) is 0 Å². The lowest BCUT2D eigenvalue weighted by molar-refractivity contribution is 0.663. The molecule has 0 aliphatic carbocycles. The van der Waals surface area contributed by atoms with E-state index in [4.69, 9.17) is 9.98 Å². The summed E-state index contributed by atoms with van der Waals surface area (Å²) in [6.45, 7) is 2.25. The van der Waals surface area contributed by atoms with Gasteiger partial charge in [-0.3, -0.25) is 0 Å². The smallest absolute Gasteiger partial charge is 0.159 e. The Balaban J connectivity index is 1.58. The lowest BCUT2D eigenvalue weighted by atomic mass is 10.0. The summed E-state index contributed by atoms with van der Waals surface area (Å²) in [5.41, 5.74) is 4.65. The maximum absolute atomic E-state index is 4.93. The molecule has 1 aliphatic rings. The van der Waals surface area contributed by atoms with Gasteiger partial charge >= 0.3 is 0 Å². The molecule has 0 radical (unpaired) electrons. The number of hydrogen-bond donors (Lipinski definition) is 1. The Bertz CT molecular complexity index is 989. The van der Waals surface area contributed by atoms with Crippen molar-refractivity contribution in [3.8, 4) is 0 Å². The maximum Gasteiger partial charge on any atom is 0.159 e. The molecule has 1 aliphatic heterocycles. The van der Waals surface area contributed by atoms with Gasteiger partial charge in [0.25, 0.3) is 0 Å². The van der Waals surface area contributed by atoms with Gasteiger partial charge in [-0.15, -0.1) is 0 Å². The van der Waals surface area contributed by atoms with Crippen molar-refractivity contribution in [2.75, 3.05) is 0 Å². The average molecular weight is 396 g/mol. The van der Waals surface area contributed by atoms with E-state index in [0.717, 1.165) is 34.8 Å². The summed E-state index contributed by atoms with van der Waals surface area (Å²) in [5, 5.41) is 3.53. The largest absolute Gasteiger partial charge is 0.344 e. The second-order valence-corrected chi connectivity index (χ2v) is 7.74. The predicted octanol–water partition coefficient (Wildman–Crippen LogP) is 6.30. The third-order valence-electron chi connectivity index (χ3n) is 5.44. The minimum absolute atomic E-state index is 0.151. The number of nitrogens with one attached hydrogen (secondary N) is 1. The minimum Gasteiger partial charge on any atom is -0.344 e. The van der Waals surface area contributed by atoms with E-state index < -0.39 is 0 Å². The summed E-state index contributed by atoms with van der Waals surface area (Å²) in [4.78, 5) is 9.76. The number of amidine groups is 2. The van der Waals surface area contributed by atoms with Gasteiger partial charge in [-0.1, -0.05) is 111 Å². The van der Waals surface area contributed by atoms with E-state index in [1.807, 2.05) is 36.4 Å². The van der Waals surface area contributed by atoms with Crippen LogP contribution >= 0.6 is 0 Å². The molecule has 1 N–H and O–H groups in total. The highest BCUT2D eigenvalue weighted by molar-refractivity contribution is 6.12. The molecule has 0 saturated carbocycles. The molecule has 3 aromatic carbocycles. The van der Waals surface area contributed by atoms with Crippen LogP contribution in [0.4, 0.5) is 0 Å². The number of unbranched alkanes of at least 4 members (excludes halogenated alkanes) is 3. The summed E-state index contributed by atoms with van der Waals surface area (Å²) in [6, 6.07) is 29.3. The molecule has 3 heteroatoms. The number of hydrogen-bond acceptors (Lipinski definition) is 3. The number of aliphatic imine (C=N–C) groups is 2. The van der Waals surface area contributed by atoms with Gasteiger partial charge in [0.2, 0.25) is 0 Å². The Kier molecular flexibility index (Phi) is 6.71. The number of rotatable bonds is 8. The van der Waals surface area contributed by atoms with Gasteiger partial charge < -0.3 is 5.32 Å². The highest BCUT2D eigenvalue weighted by atomic mass is 15.2. The molecule has 1 atom stereocenters. The molecule has 0 fully saturated rings. The van der Waals surface area contributed by atoms with E-state index in [1.165, 1.54) is 31.2 Å². The van der Waals surface area contributed by atoms with Crippen LogP contribution in [0.1, 0.15) is 61.0 Å². The van der Waals surface area contributed by atoms with Crippen molar-refractivity contribution in [2.45, 2.75) is 45.2 Å². The molecule has 0 spiro atoms. The van der Waals surface area contributed by atoms with Gasteiger partial charge in [-0.05, 0) is 24.0 Å². The lowest BCUT2D eigenvalue weighted by Crippen LogP contribution is -2.33. The van der Waals surface area contributed by atoms with Gasteiger partial charge in [-0.25, -0.2) is 9.98 Å². The van der Waals surface area contributed by atoms with Crippen molar-refractivity contribution >= 4 is 11.7 Å². The van der Waals surface area contributed by atoms with Crippen LogP contribution in [0.5, 0.6) is 0 Å². The molecule has 0 bridgehead atoms. The van der Waals surface area contributed by atoms with Gasteiger partial charge in [-0.2, -0.15) is 0 Å². The van der Waals surface area contributed by atoms with Crippen molar-refractivity contribution in [3.05, 3.63) is 107 Å². The quantitative estimate of drug-likeness (QED) is 0.446. The molecular formula is C27H29N3. The zero-order chi connectivity index (χ0) is 20.6. The van der Waals surface area contributed by atoms with Crippen molar-refractivity contribution in [2.24, 2.45) is 9.98 Å².